The maximum absolute atomic E-state index is 11.7. The van der Waals surface area contributed by atoms with Crippen LogP contribution in [-0.2, 0) is 4.79 Å². The van der Waals surface area contributed by atoms with Gasteiger partial charge in [0.15, 0.2) is 0 Å². The van der Waals surface area contributed by atoms with Gasteiger partial charge < -0.3 is 11.1 Å². The Morgan fingerprint density at radius 2 is 2.18 bits per heavy atom. The van der Waals surface area contributed by atoms with Crippen LogP contribution in [0.3, 0.4) is 0 Å². The van der Waals surface area contributed by atoms with E-state index in [-0.39, 0.29) is 11.9 Å². The van der Waals surface area contributed by atoms with Crippen molar-refractivity contribution >= 4 is 34.8 Å². The molecule has 2 rings (SSSR count). The monoisotopic (exact) mass is 272 g/mol. The quantitative estimate of drug-likeness (QED) is 0.885. The van der Waals surface area contributed by atoms with Gasteiger partial charge in [-0.1, -0.05) is 23.2 Å². The predicted molar refractivity (Wildman–Crippen MR) is 70.4 cm³/mol. The molecule has 5 heteroatoms. The van der Waals surface area contributed by atoms with Gasteiger partial charge in [-0.2, -0.15) is 0 Å². The van der Waals surface area contributed by atoms with Gasteiger partial charge >= 0.3 is 0 Å². The zero-order valence-corrected chi connectivity index (χ0v) is 10.8. The van der Waals surface area contributed by atoms with Gasteiger partial charge in [-0.15, -0.1) is 0 Å². The second-order valence-electron chi connectivity index (χ2n) is 4.38. The van der Waals surface area contributed by atoms with Gasteiger partial charge in [0.05, 0.1) is 10.7 Å². The molecule has 1 aromatic carbocycles. The van der Waals surface area contributed by atoms with Crippen molar-refractivity contribution in [2.24, 2.45) is 11.7 Å². The Labute approximate surface area is 110 Å². The van der Waals surface area contributed by atoms with Gasteiger partial charge in [-0.3, -0.25) is 4.79 Å². The van der Waals surface area contributed by atoms with Crippen LogP contribution in [0.4, 0.5) is 5.69 Å². The third-order valence-corrected chi connectivity index (χ3v) is 3.40. The number of carbonyl (C=O) groups is 1. The van der Waals surface area contributed by atoms with Crippen molar-refractivity contribution in [3.63, 3.8) is 0 Å². The lowest BCUT2D eigenvalue weighted by Crippen LogP contribution is -2.28. The summed E-state index contributed by atoms with van der Waals surface area (Å²) < 4.78 is 0. The van der Waals surface area contributed by atoms with Gasteiger partial charge in [0.1, 0.15) is 0 Å². The number of anilines is 1. The molecule has 1 unspecified atom stereocenters. The first-order valence-electron chi connectivity index (χ1n) is 5.57. The molecular formula is C12H14Cl2N2O. The number of rotatable bonds is 4. The predicted octanol–water partition coefficient (Wildman–Crippen LogP) is 3.06. The van der Waals surface area contributed by atoms with E-state index in [0.717, 1.165) is 12.8 Å². The normalized spacial score (nSPS) is 16.6. The fourth-order valence-corrected chi connectivity index (χ4v) is 2.15. The van der Waals surface area contributed by atoms with Crippen molar-refractivity contribution in [2.75, 3.05) is 5.32 Å². The Morgan fingerprint density at radius 1 is 1.47 bits per heavy atom. The van der Waals surface area contributed by atoms with Crippen LogP contribution in [0, 0.1) is 5.92 Å². The number of carbonyl (C=O) groups excluding carboxylic acids is 1. The molecule has 0 spiro atoms. The third-order valence-electron chi connectivity index (χ3n) is 2.85. The van der Waals surface area contributed by atoms with Crippen LogP contribution >= 0.6 is 23.2 Å². The molecule has 3 N–H and O–H groups in total. The lowest BCUT2D eigenvalue weighted by molar-refractivity contribution is -0.116. The van der Waals surface area contributed by atoms with Gasteiger partial charge in [-0.25, -0.2) is 0 Å². The van der Waals surface area contributed by atoms with Gasteiger partial charge in [0.25, 0.3) is 0 Å². The Kier molecular flexibility index (Phi) is 3.92. The summed E-state index contributed by atoms with van der Waals surface area (Å²) in [6, 6.07) is 4.93. The van der Waals surface area contributed by atoms with E-state index in [9.17, 15) is 4.79 Å². The van der Waals surface area contributed by atoms with E-state index >= 15 is 0 Å². The lowest BCUT2D eigenvalue weighted by atomic mass is 10.1. The zero-order valence-electron chi connectivity index (χ0n) is 9.25. The van der Waals surface area contributed by atoms with Crippen LogP contribution in [0.2, 0.25) is 10.0 Å². The average molecular weight is 273 g/mol. The molecule has 0 aromatic heterocycles. The molecule has 1 aliphatic rings. The van der Waals surface area contributed by atoms with Crippen molar-refractivity contribution in [1.29, 1.82) is 0 Å². The number of benzene rings is 1. The minimum absolute atomic E-state index is 0.0407. The van der Waals surface area contributed by atoms with Crippen molar-refractivity contribution in [1.82, 2.24) is 0 Å². The molecular weight excluding hydrogens is 259 g/mol. The molecule has 0 saturated heterocycles. The second-order valence-corrected chi connectivity index (χ2v) is 5.22. The van der Waals surface area contributed by atoms with Crippen molar-refractivity contribution in [3.05, 3.63) is 28.2 Å². The van der Waals surface area contributed by atoms with Crippen molar-refractivity contribution in [2.45, 2.75) is 25.3 Å². The summed E-state index contributed by atoms with van der Waals surface area (Å²) in [5.74, 6) is 0.412. The number of halogens is 2. The molecule has 92 valence electrons. The van der Waals surface area contributed by atoms with Gasteiger partial charge in [0, 0.05) is 17.5 Å². The summed E-state index contributed by atoms with van der Waals surface area (Å²) in [7, 11) is 0. The number of hydrogen-bond donors (Lipinski definition) is 2. The molecule has 1 amide bonds. The summed E-state index contributed by atoms with van der Waals surface area (Å²) in [5, 5.41) is 3.72. The molecule has 1 saturated carbocycles. The van der Waals surface area contributed by atoms with E-state index in [1.165, 1.54) is 0 Å². The highest BCUT2D eigenvalue weighted by Gasteiger charge is 2.29. The van der Waals surface area contributed by atoms with E-state index in [4.69, 9.17) is 28.9 Å². The number of amides is 1. The van der Waals surface area contributed by atoms with E-state index in [0.29, 0.717) is 28.1 Å². The topological polar surface area (TPSA) is 55.1 Å². The maximum Gasteiger partial charge on any atom is 0.225 e. The maximum atomic E-state index is 11.7. The van der Waals surface area contributed by atoms with Crippen LogP contribution in [0.5, 0.6) is 0 Å². The standard InChI is InChI=1S/C12H14Cl2N2O/c13-8-3-4-11(9(14)5-8)16-12(17)6-10(15)7-1-2-7/h3-5,7,10H,1-2,6,15H2,(H,16,17). The highest BCUT2D eigenvalue weighted by atomic mass is 35.5. The summed E-state index contributed by atoms with van der Waals surface area (Å²) in [5.41, 5.74) is 6.45. The van der Waals surface area contributed by atoms with E-state index in [1.54, 1.807) is 18.2 Å². The number of hydrogen-bond acceptors (Lipinski definition) is 2. The molecule has 1 atom stereocenters. The van der Waals surface area contributed by atoms with E-state index < -0.39 is 0 Å². The average Bonchev–Trinajstić information content (AvgIpc) is 3.05. The van der Waals surface area contributed by atoms with Crippen LogP contribution in [-0.4, -0.2) is 11.9 Å². The fourth-order valence-electron chi connectivity index (χ4n) is 1.70. The van der Waals surface area contributed by atoms with Gasteiger partial charge in [0.2, 0.25) is 5.91 Å². The molecule has 0 heterocycles. The van der Waals surface area contributed by atoms with Crippen LogP contribution in [0.1, 0.15) is 19.3 Å². The van der Waals surface area contributed by atoms with E-state index in [1.807, 2.05) is 0 Å². The molecule has 17 heavy (non-hydrogen) atoms. The molecule has 1 aliphatic carbocycles. The summed E-state index contributed by atoms with van der Waals surface area (Å²) in [6.45, 7) is 0. The molecule has 0 aliphatic heterocycles. The molecule has 1 fully saturated rings. The first-order chi connectivity index (χ1) is 8.06. The smallest absolute Gasteiger partial charge is 0.225 e. The lowest BCUT2D eigenvalue weighted by Gasteiger charge is -2.11. The Morgan fingerprint density at radius 3 is 2.76 bits per heavy atom. The SMILES string of the molecule is NC(CC(=O)Nc1ccc(Cl)cc1Cl)C1CC1. The molecule has 0 bridgehead atoms. The van der Waals surface area contributed by atoms with Crippen molar-refractivity contribution in [3.8, 4) is 0 Å². The fraction of sp³-hybridized carbons (Fsp3) is 0.417. The summed E-state index contributed by atoms with van der Waals surface area (Å²) in [4.78, 5) is 11.7. The Hall–Kier alpha value is -0.770. The molecule has 0 radical (unpaired) electrons. The van der Waals surface area contributed by atoms with Crippen LogP contribution in [0.25, 0.3) is 0 Å². The Balaban J connectivity index is 1.92. The number of nitrogens with one attached hydrogen (secondary N) is 1. The summed E-state index contributed by atoms with van der Waals surface area (Å²) in [6.07, 6.45) is 2.61. The molecule has 3 nitrogen and oxygen atoms in total. The van der Waals surface area contributed by atoms with Crippen molar-refractivity contribution < 1.29 is 4.79 Å². The minimum Gasteiger partial charge on any atom is -0.327 e. The molecule has 1 aromatic rings. The van der Waals surface area contributed by atoms with Crippen LogP contribution in [0.15, 0.2) is 18.2 Å². The highest BCUT2D eigenvalue weighted by molar-refractivity contribution is 6.36. The minimum atomic E-state index is -0.103. The second kappa shape index (κ2) is 5.25. The Bertz CT molecular complexity index is 433. The summed E-state index contributed by atoms with van der Waals surface area (Å²) >= 11 is 11.7. The third kappa shape index (κ3) is 3.60. The first kappa shape index (κ1) is 12.7. The number of nitrogens with two attached hydrogens (primary N) is 1. The largest absolute Gasteiger partial charge is 0.327 e. The van der Waals surface area contributed by atoms with Gasteiger partial charge in [-0.05, 0) is 37.0 Å². The van der Waals surface area contributed by atoms with Crippen LogP contribution < -0.4 is 11.1 Å². The van der Waals surface area contributed by atoms with E-state index in [2.05, 4.69) is 5.32 Å². The highest BCUT2D eigenvalue weighted by Crippen LogP contribution is 2.33. The zero-order chi connectivity index (χ0) is 12.4. The first-order valence-corrected chi connectivity index (χ1v) is 6.32.